The standard InChI is InChI=1S/C23H15FN2O5/c24-16-9-4-8-15(12-16)20-19(21(27)14-6-2-1-3-7-14)22(28)23(29)25(20)17-10-5-11-18(13-17)26(30)31/h1-13,20,27H/b21-19-. The molecule has 1 aliphatic heterocycles. The Morgan fingerprint density at radius 1 is 0.968 bits per heavy atom. The molecule has 4 rings (SSSR count). The van der Waals surface area contributed by atoms with Crippen LogP contribution in [0.2, 0.25) is 0 Å². The number of carbonyl (C=O) groups excluding carboxylic acids is 2. The summed E-state index contributed by atoms with van der Waals surface area (Å²) in [5.74, 6) is -2.96. The highest BCUT2D eigenvalue weighted by molar-refractivity contribution is 6.51. The number of benzene rings is 3. The Labute approximate surface area is 175 Å². The van der Waals surface area contributed by atoms with Crippen molar-refractivity contribution in [3.05, 3.63) is 111 Å². The van der Waals surface area contributed by atoms with Gasteiger partial charge in [-0.25, -0.2) is 4.39 Å². The van der Waals surface area contributed by atoms with Crippen molar-refractivity contribution in [2.45, 2.75) is 6.04 Å². The minimum Gasteiger partial charge on any atom is -0.507 e. The van der Waals surface area contributed by atoms with Gasteiger partial charge < -0.3 is 5.11 Å². The highest BCUT2D eigenvalue weighted by atomic mass is 19.1. The fourth-order valence-electron chi connectivity index (χ4n) is 3.60. The van der Waals surface area contributed by atoms with Crippen molar-refractivity contribution in [2.24, 2.45) is 0 Å². The second kappa shape index (κ2) is 7.83. The number of nitro groups is 1. The monoisotopic (exact) mass is 418 g/mol. The van der Waals surface area contributed by atoms with Crippen LogP contribution in [-0.4, -0.2) is 21.7 Å². The Bertz CT molecular complexity index is 1240. The van der Waals surface area contributed by atoms with E-state index in [4.69, 9.17) is 0 Å². The Morgan fingerprint density at radius 2 is 1.68 bits per heavy atom. The van der Waals surface area contributed by atoms with Crippen LogP contribution < -0.4 is 4.90 Å². The van der Waals surface area contributed by atoms with Crippen molar-refractivity contribution < 1.29 is 24.0 Å². The smallest absolute Gasteiger partial charge is 0.300 e. The van der Waals surface area contributed by atoms with E-state index in [-0.39, 0.29) is 22.5 Å². The second-order valence-corrected chi connectivity index (χ2v) is 6.87. The maximum atomic E-state index is 14.0. The van der Waals surface area contributed by atoms with Crippen LogP contribution in [0.4, 0.5) is 15.8 Å². The molecule has 0 spiro atoms. The number of nitro benzene ring substituents is 1. The molecule has 1 amide bonds. The van der Waals surface area contributed by atoms with E-state index < -0.39 is 34.2 Å². The number of anilines is 1. The van der Waals surface area contributed by atoms with E-state index in [1.165, 1.54) is 36.4 Å². The molecular formula is C23H15FN2O5. The van der Waals surface area contributed by atoms with Crippen molar-refractivity contribution >= 4 is 28.8 Å². The predicted octanol–water partition coefficient (Wildman–Crippen LogP) is 4.36. The Balaban J connectivity index is 1.97. The van der Waals surface area contributed by atoms with Crippen LogP contribution in [-0.2, 0) is 9.59 Å². The molecular weight excluding hydrogens is 403 g/mol. The first-order valence-corrected chi connectivity index (χ1v) is 9.25. The van der Waals surface area contributed by atoms with Crippen molar-refractivity contribution in [2.75, 3.05) is 4.90 Å². The molecule has 1 fully saturated rings. The molecule has 154 valence electrons. The quantitative estimate of drug-likeness (QED) is 0.223. The SMILES string of the molecule is O=C1C(=O)N(c2cccc([N+](=O)[O-])c2)C(c2cccc(F)c2)/C1=C(/O)c1ccccc1. The maximum Gasteiger partial charge on any atom is 0.300 e. The molecule has 31 heavy (non-hydrogen) atoms. The number of hydrogen-bond donors (Lipinski definition) is 1. The third kappa shape index (κ3) is 3.55. The summed E-state index contributed by atoms with van der Waals surface area (Å²) in [4.78, 5) is 37.5. The topological polar surface area (TPSA) is 101 Å². The van der Waals surface area contributed by atoms with Gasteiger partial charge in [-0.1, -0.05) is 48.5 Å². The molecule has 0 radical (unpaired) electrons. The van der Waals surface area contributed by atoms with Gasteiger partial charge in [0.1, 0.15) is 11.6 Å². The molecule has 1 heterocycles. The molecule has 7 nitrogen and oxygen atoms in total. The number of aliphatic hydroxyl groups excluding tert-OH is 1. The van der Waals surface area contributed by atoms with E-state index in [1.54, 1.807) is 30.3 Å². The fourth-order valence-corrected chi connectivity index (χ4v) is 3.60. The van der Waals surface area contributed by atoms with Crippen LogP contribution in [0.25, 0.3) is 5.76 Å². The van der Waals surface area contributed by atoms with Crippen molar-refractivity contribution in [3.8, 4) is 0 Å². The van der Waals surface area contributed by atoms with Crippen LogP contribution in [0.15, 0.2) is 84.4 Å². The normalized spacial score (nSPS) is 17.7. The minimum atomic E-state index is -1.17. The van der Waals surface area contributed by atoms with Gasteiger partial charge in [-0.05, 0) is 23.8 Å². The van der Waals surface area contributed by atoms with Gasteiger partial charge in [0, 0.05) is 17.7 Å². The van der Waals surface area contributed by atoms with Gasteiger partial charge in [-0.15, -0.1) is 0 Å². The molecule has 3 aromatic carbocycles. The number of rotatable bonds is 4. The summed E-state index contributed by atoms with van der Waals surface area (Å²) in [5.41, 5.74) is 0.121. The second-order valence-electron chi connectivity index (χ2n) is 6.87. The molecule has 3 aromatic rings. The van der Waals surface area contributed by atoms with Gasteiger partial charge >= 0.3 is 0 Å². The Kier molecular flexibility index (Phi) is 5.04. The average Bonchev–Trinajstić information content (AvgIpc) is 3.04. The van der Waals surface area contributed by atoms with Crippen LogP contribution in [0.5, 0.6) is 0 Å². The van der Waals surface area contributed by atoms with Crippen LogP contribution >= 0.6 is 0 Å². The Morgan fingerprint density at radius 3 is 2.35 bits per heavy atom. The molecule has 1 atom stereocenters. The van der Waals surface area contributed by atoms with Gasteiger partial charge in [0.25, 0.3) is 17.4 Å². The molecule has 8 heteroatoms. The first kappa shape index (κ1) is 20.0. The van der Waals surface area contributed by atoms with Gasteiger partial charge in [-0.3, -0.25) is 24.6 Å². The lowest BCUT2D eigenvalue weighted by Crippen LogP contribution is -2.29. The number of Topliss-reactive ketones (excluding diaryl/α,β-unsaturated/α-hetero) is 1. The third-order valence-corrected chi connectivity index (χ3v) is 4.97. The first-order chi connectivity index (χ1) is 14.9. The predicted molar refractivity (Wildman–Crippen MR) is 111 cm³/mol. The summed E-state index contributed by atoms with van der Waals surface area (Å²) in [7, 11) is 0. The highest BCUT2D eigenvalue weighted by Crippen LogP contribution is 2.42. The molecule has 0 saturated carbocycles. The zero-order chi connectivity index (χ0) is 22.1. The van der Waals surface area contributed by atoms with Crippen LogP contribution in [0, 0.1) is 15.9 Å². The summed E-state index contributed by atoms with van der Waals surface area (Å²) < 4.78 is 14.0. The summed E-state index contributed by atoms with van der Waals surface area (Å²) in [5, 5.41) is 22.1. The summed E-state index contributed by atoms with van der Waals surface area (Å²) in [6, 6.07) is 17.5. The molecule has 1 N–H and O–H groups in total. The number of non-ortho nitro benzene ring substituents is 1. The summed E-state index contributed by atoms with van der Waals surface area (Å²) in [6.07, 6.45) is 0. The minimum absolute atomic E-state index is 0.0812. The van der Waals surface area contributed by atoms with Gasteiger partial charge in [0.15, 0.2) is 0 Å². The molecule has 1 saturated heterocycles. The lowest BCUT2D eigenvalue weighted by Gasteiger charge is -2.25. The summed E-state index contributed by atoms with van der Waals surface area (Å²) >= 11 is 0. The molecule has 0 aromatic heterocycles. The van der Waals surface area contributed by atoms with E-state index in [0.717, 1.165) is 17.0 Å². The Hall–Kier alpha value is -4.33. The van der Waals surface area contributed by atoms with E-state index in [0.29, 0.717) is 5.56 Å². The number of aliphatic hydroxyl groups is 1. The zero-order valence-corrected chi connectivity index (χ0v) is 15.9. The largest absolute Gasteiger partial charge is 0.507 e. The number of amides is 1. The van der Waals surface area contributed by atoms with E-state index in [1.807, 2.05) is 0 Å². The van der Waals surface area contributed by atoms with Crippen LogP contribution in [0.1, 0.15) is 17.2 Å². The van der Waals surface area contributed by atoms with Crippen molar-refractivity contribution in [1.82, 2.24) is 0 Å². The van der Waals surface area contributed by atoms with E-state index in [2.05, 4.69) is 0 Å². The average molecular weight is 418 g/mol. The van der Waals surface area contributed by atoms with Crippen LogP contribution in [0.3, 0.4) is 0 Å². The van der Waals surface area contributed by atoms with Crippen molar-refractivity contribution in [3.63, 3.8) is 0 Å². The van der Waals surface area contributed by atoms with Gasteiger partial charge in [0.2, 0.25) is 0 Å². The zero-order valence-electron chi connectivity index (χ0n) is 15.9. The number of nitrogens with zero attached hydrogens (tertiary/aromatic N) is 2. The summed E-state index contributed by atoms with van der Waals surface area (Å²) in [6.45, 7) is 0. The number of halogens is 1. The van der Waals surface area contributed by atoms with E-state index in [9.17, 15) is 29.2 Å². The lowest BCUT2D eigenvalue weighted by atomic mass is 9.95. The molecule has 1 aliphatic rings. The maximum absolute atomic E-state index is 14.0. The number of carbonyl (C=O) groups is 2. The van der Waals surface area contributed by atoms with Gasteiger partial charge in [-0.2, -0.15) is 0 Å². The lowest BCUT2D eigenvalue weighted by molar-refractivity contribution is -0.384. The highest BCUT2D eigenvalue weighted by Gasteiger charge is 2.47. The fraction of sp³-hybridized carbons (Fsp3) is 0.0435. The molecule has 0 bridgehead atoms. The first-order valence-electron chi connectivity index (χ1n) is 9.25. The molecule has 0 aliphatic carbocycles. The molecule has 1 unspecified atom stereocenters. The van der Waals surface area contributed by atoms with Gasteiger partial charge in [0.05, 0.1) is 22.2 Å². The van der Waals surface area contributed by atoms with Crippen molar-refractivity contribution in [1.29, 1.82) is 0 Å². The number of hydrogen-bond acceptors (Lipinski definition) is 5. The third-order valence-electron chi connectivity index (χ3n) is 4.97. The number of ketones is 1. The van der Waals surface area contributed by atoms with E-state index >= 15 is 0 Å².